The Morgan fingerprint density at radius 3 is 2.54 bits per heavy atom. The van der Waals surface area contributed by atoms with Crippen molar-refractivity contribution in [3.05, 3.63) is 71.8 Å². The molecule has 0 aromatic heterocycles. The summed E-state index contributed by atoms with van der Waals surface area (Å²) in [5, 5.41) is 5.52. The summed E-state index contributed by atoms with van der Waals surface area (Å²) in [6.07, 6.45) is 0.881. The smallest absolute Gasteiger partial charge is 0.265 e. The van der Waals surface area contributed by atoms with Crippen LogP contribution in [0.3, 0.4) is 0 Å². The van der Waals surface area contributed by atoms with Gasteiger partial charge in [0.25, 0.3) is 11.8 Å². The number of nitrogens with one attached hydrogen (secondary N) is 2. The van der Waals surface area contributed by atoms with Gasteiger partial charge in [-0.15, -0.1) is 6.58 Å². The van der Waals surface area contributed by atoms with Crippen LogP contribution in [0.4, 0.5) is 5.69 Å². The second-order valence-electron chi connectivity index (χ2n) is 6.99. The first-order valence-electron chi connectivity index (χ1n) is 9.39. The number of carbonyl (C=O) groups excluding carboxylic acids is 2. The maximum atomic E-state index is 12.7. The molecule has 0 heterocycles. The molecule has 0 spiro atoms. The lowest BCUT2D eigenvalue weighted by atomic mass is 10.0. The molecule has 0 unspecified atom stereocenters. The highest BCUT2D eigenvalue weighted by molar-refractivity contribution is 6.04. The Bertz CT molecular complexity index is 859. The number of ether oxygens (including phenoxy) is 1. The molecule has 5 nitrogen and oxygen atoms in total. The number of aryl methyl sites for hydroxylation is 1. The van der Waals surface area contributed by atoms with Crippen LogP contribution in [0.1, 0.15) is 48.2 Å². The summed E-state index contributed by atoms with van der Waals surface area (Å²) >= 11 is 0. The van der Waals surface area contributed by atoms with Gasteiger partial charge in [-0.2, -0.15) is 0 Å². The molecule has 5 heteroatoms. The van der Waals surface area contributed by atoms with Crippen molar-refractivity contribution in [3.8, 4) is 5.75 Å². The monoisotopic (exact) mass is 380 g/mol. The van der Waals surface area contributed by atoms with Crippen molar-refractivity contribution in [2.75, 3.05) is 11.9 Å². The van der Waals surface area contributed by atoms with Gasteiger partial charge < -0.3 is 15.4 Å². The number of anilines is 1. The number of rotatable bonds is 8. The minimum Gasteiger partial charge on any atom is -0.481 e. The average molecular weight is 380 g/mol. The maximum absolute atomic E-state index is 12.7. The molecular formula is C23H28N2O3. The molecule has 0 aliphatic rings. The zero-order chi connectivity index (χ0) is 20.7. The van der Waals surface area contributed by atoms with Crippen LogP contribution in [0.25, 0.3) is 0 Å². The fraction of sp³-hybridized carbons (Fsp3) is 0.304. The lowest BCUT2D eigenvalue weighted by molar-refractivity contribution is -0.122. The van der Waals surface area contributed by atoms with E-state index in [1.165, 1.54) is 0 Å². The standard InChI is InChI=1S/C23H28N2O3/c1-6-13-24-23(27)19-9-7-8-10-20(19)25-22(26)17(5)28-21-14-16(4)11-12-18(21)15(2)3/h6-12,14-15,17H,1,13H2,2-5H3,(H,24,27)(H,25,26)/t17-/m0/s1. The Labute approximate surface area is 166 Å². The molecule has 0 radical (unpaired) electrons. The molecule has 0 aliphatic carbocycles. The predicted molar refractivity (Wildman–Crippen MR) is 113 cm³/mol. The summed E-state index contributed by atoms with van der Waals surface area (Å²) in [4.78, 5) is 25.0. The summed E-state index contributed by atoms with van der Waals surface area (Å²) in [6.45, 7) is 11.8. The zero-order valence-electron chi connectivity index (χ0n) is 16.9. The zero-order valence-corrected chi connectivity index (χ0v) is 16.9. The Kier molecular flexibility index (Phi) is 7.38. The summed E-state index contributed by atoms with van der Waals surface area (Å²) in [5.74, 6) is 0.389. The Balaban J connectivity index is 2.15. The van der Waals surface area contributed by atoms with Gasteiger partial charge in [0.2, 0.25) is 0 Å². The number of amides is 2. The third kappa shape index (κ3) is 5.46. The van der Waals surface area contributed by atoms with E-state index in [9.17, 15) is 9.59 Å². The SMILES string of the molecule is C=CCNC(=O)c1ccccc1NC(=O)[C@H](C)Oc1cc(C)ccc1C(C)C. The van der Waals surface area contributed by atoms with Crippen LogP contribution in [0.15, 0.2) is 55.1 Å². The molecule has 28 heavy (non-hydrogen) atoms. The van der Waals surface area contributed by atoms with E-state index < -0.39 is 6.10 Å². The fourth-order valence-electron chi connectivity index (χ4n) is 2.75. The molecule has 2 rings (SSSR count). The first-order valence-corrected chi connectivity index (χ1v) is 9.39. The van der Waals surface area contributed by atoms with Gasteiger partial charge in [-0.1, -0.05) is 44.2 Å². The highest BCUT2D eigenvalue weighted by Crippen LogP contribution is 2.28. The van der Waals surface area contributed by atoms with Crippen molar-refractivity contribution in [1.29, 1.82) is 0 Å². The Morgan fingerprint density at radius 2 is 1.86 bits per heavy atom. The largest absolute Gasteiger partial charge is 0.481 e. The minimum absolute atomic E-state index is 0.273. The second kappa shape index (κ2) is 9.74. The maximum Gasteiger partial charge on any atom is 0.265 e. The van der Waals surface area contributed by atoms with Crippen LogP contribution in [-0.4, -0.2) is 24.5 Å². The van der Waals surface area contributed by atoms with Crippen molar-refractivity contribution in [2.24, 2.45) is 0 Å². The van der Waals surface area contributed by atoms with Crippen LogP contribution >= 0.6 is 0 Å². The topological polar surface area (TPSA) is 67.4 Å². The summed E-state index contributed by atoms with van der Waals surface area (Å²) in [6, 6.07) is 12.9. The molecule has 0 saturated heterocycles. The van der Waals surface area contributed by atoms with E-state index in [-0.39, 0.29) is 17.7 Å². The number of carbonyl (C=O) groups is 2. The van der Waals surface area contributed by atoms with E-state index in [1.54, 1.807) is 37.3 Å². The van der Waals surface area contributed by atoms with Crippen LogP contribution in [0.5, 0.6) is 5.75 Å². The quantitative estimate of drug-likeness (QED) is 0.665. The lowest BCUT2D eigenvalue weighted by Gasteiger charge is -2.20. The van der Waals surface area contributed by atoms with E-state index >= 15 is 0 Å². The van der Waals surface area contributed by atoms with E-state index in [2.05, 4.69) is 31.1 Å². The van der Waals surface area contributed by atoms with E-state index in [1.807, 2.05) is 25.1 Å². The number of benzene rings is 2. The van der Waals surface area contributed by atoms with Gasteiger partial charge in [0.1, 0.15) is 5.75 Å². The van der Waals surface area contributed by atoms with Gasteiger partial charge in [0, 0.05) is 6.54 Å². The van der Waals surface area contributed by atoms with Gasteiger partial charge in [0.05, 0.1) is 11.3 Å². The van der Waals surface area contributed by atoms with Crippen LogP contribution < -0.4 is 15.4 Å². The molecule has 2 N–H and O–H groups in total. The average Bonchev–Trinajstić information content (AvgIpc) is 2.66. The Hall–Kier alpha value is -3.08. The minimum atomic E-state index is -0.719. The highest BCUT2D eigenvalue weighted by atomic mass is 16.5. The van der Waals surface area contributed by atoms with Crippen LogP contribution in [-0.2, 0) is 4.79 Å². The molecule has 2 amide bonds. The van der Waals surface area contributed by atoms with Crippen molar-refractivity contribution < 1.29 is 14.3 Å². The van der Waals surface area contributed by atoms with E-state index in [4.69, 9.17) is 4.74 Å². The molecule has 0 saturated carbocycles. The van der Waals surface area contributed by atoms with Gasteiger partial charge >= 0.3 is 0 Å². The van der Waals surface area contributed by atoms with Gasteiger partial charge in [-0.05, 0) is 49.1 Å². The van der Waals surface area contributed by atoms with Gasteiger partial charge in [0.15, 0.2) is 6.10 Å². The second-order valence-corrected chi connectivity index (χ2v) is 6.99. The third-order valence-electron chi connectivity index (χ3n) is 4.30. The first kappa shape index (κ1) is 21.2. The fourth-order valence-corrected chi connectivity index (χ4v) is 2.75. The summed E-state index contributed by atoms with van der Waals surface area (Å²) in [7, 11) is 0. The molecule has 2 aromatic rings. The summed E-state index contributed by atoms with van der Waals surface area (Å²) < 4.78 is 5.96. The Morgan fingerprint density at radius 1 is 1.14 bits per heavy atom. The molecule has 0 fully saturated rings. The first-order chi connectivity index (χ1) is 13.3. The third-order valence-corrected chi connectivity index (χ3v) is 4.30. The highest BCUT2D eigenvalue weighted by Gasteiger charge is 2.20. The van der Waals surface area contributed by atoms with Gasteiger partial charge in [-0.3, -0.25) is 9.59 Å². The molecule has 2 aromatic carbocycles. The van der Waals surface area contributed by atoms with Gasteiger partial charge in [-0.25, -0.2) is 0 Å². The van der Waals surface area contributed by atoms with Crippen molar-refractivity contribution >= 4 is 17.5 Å². The number of hydrogen-bond acceptors (Lipinski definition) is 3. The normalized spacial score (nSPS) is 11.6. The molecule has 0 aliphatic heterocycles. The van der Waals surface area contributed by atoms with Crippen LogP contribution in [0.2, 0.25) is 0 Å². The number of hydrogen-bond donors (Lipinski definition) is 2. The molecular weight excluding hydrogens is 352 g/mol. The van der Waals surface area contributed by atoms with E-state index in [0.717, 1.165) is 11.1 Å². The van der Waals surface area contributed by atoms with Crippen molar-refractivity contribution in [3.63, 3.8) is 0 Å². The number of para-hydroxylation sites is 1. The van der Waals surface area contributed by atoms with Crippen LogP contribution in [0, 0.1) is 6.92 Å². The van der Waals surface area contributed by atoms with Crippen molar-refractivity contribution in [1.82, 2.24) is 5.32 Å². The lowest BCUT2D eigenvalue weighted by Crippen LogP contribution is -2.32. The summed E-state index contributed by atoms with van der Waals surface area (Å²) in [5.41, 5.74) is 2.95. The molecule has 148 valence electrons. The molecule has 0 bridgehead atoms. The molecule has 1 atom stereocenters. The van der Waals surface area contributed by atoms with E-state index in [0.29, 0.717) is 23.5 Å². The predicted octanol–water partition coefficient (Wildman–Crippen LogP) is 4.44. The van der Waals surface area contributed by atoms with Crippen molar-refractivity contribution in [2.45, 2.75) is 39.7 Å².